The Labute approximate surface area is 87.3 Å². The maximum atomic E-state index is 10.2. The number of rotatable bonds is 6. The summed E-state index contributed by atoms with van der Waals surface area (Å²) in [6.07, 6.45) is 3.39. The largest absolute Gasteiger partial charge is 0.481 e. The zero-order valence-electron chi connectivity index (χ0n) is 8.43. The van der Waals surface area contributed by atoms with Gasteiger partial charge in [0, 0.05) is 31.0 Å². The van der Waals surface area contributed by atoms with Gasteiger partial charge in [0.15, 0.2) is 0 Å². The van der Waals surface area contributed by atoms with Gasteiger partial charge in [-0.25, -0.2) is 9.97 Å². The van der Waals surface area contributed by atoms with Crippen LogP contribution in [0.25, 0.3) is 0 Å². The van der Waals surface area contributed by atoms with E-state index in [0.29, 0.717) is 19.1 Å². The molecule has 2 N–H and O–H groups in total. The Morgan fingerprint density at radius 2 is 2.20 bits per heavy atom. The van der Waals surface area contributed by atoms with Crippen molar-refractivity contribution in [1.29, 1.82) is 0 Å². The van der Waals surface area contributed by atoms with Gasteiger partial charge in [0.1, 0.15) is 0 Å². The fourth-order valence-corrected chi connectivity index (χ4v) is 0.968. The van der Waals surface area contributed by atoms with Crippen molar-refractivity contribution in [3.05, 3.63) is 18.0 Å². The third-order valence-electron chi connectivity index (χ3n) is 1.71. The second-order valence-electron chi connectivity index (χ2n) is 2.90. The number of nitrogens with one attached hydrogen (secondary N) is 1. The molecular formula is C9H13N3O3. The number of nitrogens with zero attached hydrogens (tertiary/aromatic N) is 2. The number of aromatic nitrogens is 2. The topological polar surface area (TPSA) is 84.3 Å². The molecule has 15 heavy (non-hydrogen) atoms. The lowest BCUT2D eigenvalue weighted by Crippen LogP contribution is -2.17. The summed E-state index contributed by atoms with van der Waals surface area (Å²) < 4.78 is 4.81. The molecule has 0 aliphatic heterocycles. The second kappa shape index (κ2) is 5.92. The van der Waals surface area contributed by atoms with Crippen molar-refractivity contribution in [3.63, 3.8) is 0 Å². The number of aliphatic carboxylic acids is 1. The summed E-state index contributed by atoms with van der Waals surface area (Å²) in [5, 5.41) is 11.4. The summed E-state index contributed by atoms with van der Waals surface area (Å²) in [7, 11) is 1.50. The highest BCUT2D eigenvalue weighted by molar-refractivity contribution is 5.66. The highest BCUT2D eigenvalue weighted by atomic mass is 16.5. The smallest absolute Gasteiger partial charge is 0.316 e. The van der Waals surface area contributed by atoms with Gasteiger partial charge in [-0.05, 0) is 0 Å². The molecule has 1 heterocycles. The monoisotopic (exact) mass is 211 g/mol. The summed E-state index contributed by atoms with van der Waals surface area (Å²) in [6, 6.07) is 0.323. The lowest BCUT2D eigenvalue weighted by atomic mass is 10.3. The predicted octanol–water partition coefficient (Wildman–Crippen LogP) is 0.0495. The molecule has 1 rings (SSSR count). The zero-order chi connectivity index (χ0) is 11.1. The van der Waals surface area contributed by atoms with Crippen LogP contribution in [0.4, 0.5) is 0 Å². The van der Waals surface area contributed by atoms with Gasteiger partial charge in [-0.2, -0.15) is 0 Å². The van der Waals surface area contributed by atoms with E-state index in [1.54, 1.807) is 12.4 Å². The van der Waals surface area contributed by atoms with Crippen molar-refractivity contribution in [2.45, 2.75) is 13.0 Å². The van der Waals surface area contributed by atoms with E-state index in [9.17, 15) is 4.79 Å². The zero-order valence-corrected chi connectivity index (χ0v) is 8.43. The molecule has 0 aliphatic rings. The Kier molecular flexibility index (Phi) is 4.49. The van der Waals surface area contributed by atoms with E-state index >= 15 is 0 Å². The summed E-state index contributed by atoms with van der Waals surface area (Å²) in [5.41, 5.74) is 0.890. The van der Waals surface area contributed by atoms with Gasteiger partial charge in [0.25, 0.3) is 0 Å². The average Bonchev–Trinajstić information content (AvgIpc) is 2.25. The van der Waals surface area contributed by atoms with Gasteiger partial charge in [-0.3, -0.25) is 4.79 Å². The maximum absolute atomic E-state index is 10.2. The Balaban J connectivity index is 2.28. The average molecular weight is 211 g/mol. The van der Waals surface area contributed by atoms with Crippen molar-refractivity contribution in [2.24, 2.45) is 0 Å². The fraction of sp³-hybridized carbons (Fsp3) is 0.444. The summed E-state index contributed by atoms with van der Waals surface area (Å²) in [4.78, 5) is 18.1. The molecule has 0 amide bonds. The Hall–Kier alpha value is -1.69. The molecular weight excluding hydrogens is 198 g/mol. The van der Waals surface area contributed by atoms with Crippen LogP contribution in [-0.2, 0) is 11.3 Å². The number of carboxylic acid groups (broad SMARTS) is 1. The van der Waals surface area contributed by atoms with E-state index in [-0.39, 0.29) is 6.42 Å². The van der Waals surface area contributed by atoms with Crippen molar-refractivity contribution in [3.8, 4) is 6.01 Å². The molecule has 0 bridgehead atoms. The van der Waals surface area contributed by atoms with Crippen molar-refractivity contribution in [2.75, 3.05) is 13.7 Å². The minimum atomic E-state index is -0.812. The predicted molar refractivity (Wildman–Crippen MR) is 52.5 cm³/mol. The summed E-state index contributed by atoms with van der Waals surface area (Å²) in [5.74, 6) is -0.812. The molecule has 0 aromatic carbocycles. The lowest BCUT2D eigenvalue weighted by molar-refractivity contribution is -0.136. The van der Waals surface area contributed by atoms with Crippen molar-refractivity contribution in [1.82, 2.24) is 15.3 Å². The van der Waals surface area contributed by atoms with E-state index in [2.05, 4.69) is 15.3 Å². The standard InChI is InChI=1S/C9H13N3O3/c1-15-9-11-5-7(6-12-9)4-10-3-2-8(13)14/h5-6,10H,2-4H2,1H3,(H,13,14). The first-order valence-corrected chi connectivity index (χ1v) is 4.50. The lowest BCUT2D eigenvalue weighted by Gasteiger charge is -2.02. The molecule has 0 aliphatic carbocycles. The normalized spacial score (nSPS) is 9.93. The van der Waals surface area contributed by atoms with Gasteiger partial charge in [-0.15, -0.1) is 0 Å². The van der Waals surface area contributed by atoms with Crippen molar-refractivity contribution >= 4 is 5.97 Å². The van der Waals surface area contributed by atoms with Gasteiger partial charge >= 0.3 is 12.0 Å². The van der Waals surface area contributed by atoms with Crippen LogP contribution in [0.2, 0.25) is 0 Å². The molecule has 0 spiro atoms. The number of carboxylic acids is 1. The number of carbonyl (C=O) groups is 1. The summed E-state index contributed by atoms with van der Waals surface area (Å²) >= 11 is 0. The fourth-order valence-electron chi connectivity index (χ4n) is 0.968. The Bertz CT molecular complexity index is 313. The molecule has 0 fully saturated rings. The molecule has 0 unspecified atom stereocenters. The van der Waals surface area contributed by atoms with Crippen LogP contribution in [0.3, 0.4) is 0 Å². The van der Waals surface area contributed by atoms with E-state index in [1.165, 1.54) is 7.11 Å². The number of hydrogen-bond donors (Lipinski definition) is 2. The molecule has 1 aromatic heterocycles. The minimum absolute atomic E-state index is 0.108. The van der Waals surface area contributed by atoms with Crippen molar-refractivity contribution < 1.29 is 14.6 Å². The quantitative estimate of drug-likeness (QED) is 0.647. The van der Waals surface area contributed by atoms with E-state index < -0.39 is 5.97 Å². The molecule has 82 valence electrons. The third-order valence-corrected chi connectivity index (χ3v) is 1.71. The van der Waals surface area contributed by atoms with E-state index in [0.717, 1.165) is 5.56 Å². The first-order valence-electron chi connectivity index (χ1n) is 4.50. The number of methoxy groups -OCH3 is 1. The SMILES string of the molecule is COc1ncc(CNCCC(=O)O)cn1. The van der Waals surface area contributed by atoms with Gasteiger partial charge in [0.2, 0.25) is 0 Å². The van der Waals surface area contributed by atoms with Crippen LogP contribution in [0.1, 0.15) is 12.0 Å². The third kappa shape index (κ3) is 4.37. The highest BCUT2D eigenvalue weighted by Crippen LogP contribution is 2.00. The second-order valence-corrected chi connectivity index (χ2v) is 2.90. The highest BCUT2D eigenvalue weighted by Gasteiger charge is 1.98. The summed E-state index contributed by atoms with van der Waals surface area (Å²) in [6.45, 7) is 0.985. The van der Waals surface area contributed by atoms with Crippen LogP contribution in [-0.4, -0.2) is 34.7 Å². The molecule has 0 saturated heterocycles. The number of hydrogen-bond acceptors (Lipinski definition) is 5. The van der Waals surface area contributed by atoms with E-state index in [1.807, 2.05) is 0 Å². The Morgan fingerprint density at radius 1 is 1.53 bits per heavy atom. The van der Waals surface area contributed by atoms with Crippen LogP contribution in [0.15, 0.2) is 12.4 Å². The van der Waals surface area contributed by atoms with Gasteiger partial charge < -0.3 is 15.2 Å². The maximum Gasteiger partial charge on any atom is 0.316 e. The van der Waals surface area contributed by atoms with E-state index in [4.69, 9.17) is 9.84 Å². The molecule has 0 atom stereocenters. The Morgan fingerprint density at radius 3 is 2.73 bits per heavy atom. The van der Waals surface area contributed by atoms with Crippen LogP contribution in [0, 0.1) is 0 Å². The first kappa shape index (κ1) is 11.4. The van der Waals surface area contributed by atoms with Crippen LogP contribution in [0.5, 0.6) is 6.01 Å². The van der Waals surface area contributed by atoms with Crippen LogP contribution < -0.4 is 10.1 Å². The number of ether oxygens (including phenoxy) is 1. The van der Waals surface area contributed by atoms with Crippen LogP contribution >= 0.6 is 0 Å². The minimum Gasteiger partial charge on any atom is -0.481 e. The molecule has 0 saturated carbocycles. The molecule has 0 radical (unpaired) electrons. The molecule has 6 heteroatoms. The first-order chi connectivity index (χ1) is 7.22. The molecule has 1 aromatic rings. The van der Waals surface area contributed by atoms with Gasteiger partial charge in [-0.1, -0.05) is 0 Å². The molecule has 6 nitrogen and oxygen atoms in total. The van der Waals surface area contributed by atoms with Gasteiger partial charge in [0.05, 0.1) is 13.5 Å².